The highest BCUT2D eigenvalue weighted by molar-refractivity contribution is 9.10. The monoisotopic (exact) mass is 283 g/mol. The van der Waals surface area contributed by atoms with Gasteiger partial charge in [0.25, 0.3) is 5.56 Å². The van der Waals surface area contributed by atoms with E-state index < -0.39 is 0 Å². The SMILES string of the molecule is O=c1[nH]ncc(NC2CC3CCC2C3)c1Br. The quantitative estimate of drug-likeness (QED) is 0.874. The zero-order chi connectivity index (χ0) is 11.1. The molecule has 0 radical (unpaired) electrons. The van der Waals surface area contributed by atoms with Crippen molar-refractivity contribution < 1.29 is 0 Å². The highest BCUT2D eigenvalue weighted by Gasteiger charge is 2.39. The van der Waals surface area contributed by atoms with Crippen molar-refractivity contribution in [2.24, 2.45) is 11.8 Å². The van der Waals surface area contributed by atoms with Crippen LogP contribution in [0.2, 0.25) is 0 Å². The summed E-state index contributed by atoms with van der Waals surface area (Å²) in [5.41, 5.74) is 0.648. The van der Waals surface area contributed by atoms with Gasteiger partial charge in [0.1, 0.15) is 4.47 Å². The summed E-state index contributed by atoms with van der Waals surface area (Å²) in [5.74, 6) is 1.69. The molecular formula is C11H14BrN3O. The van der Waals surface area contributed by atoms with Gasteiger partial charge in [-0.15, -0.1) is 0 Å². The van der Waals surface area contributed by atoms with Crippen LogP contribution in [0, 0.1) is 11.8 Å². The molecule has 1 aromatic rings. The minimum atomic E-state index is -0.173. The molecule has 4 nitrogen and oxygen atoms in total. The second kappa shape index (κ2) is 3.87. The van der Waals surface area contributed by atoms with Crippen LogP contribution in [-0.4, -0.2) is 16.2 Å². The fraction of sp³-hybridized carbons (Fsp3) is 0.636. The molecule has 2 saturated carbocycles. The summed E-state index contributed by atoms with van der Waals surface area (Å²) in [6.07, 6.45) is 6.99. The molecule has 0 saturated heterocycles. The Balaban J connectivity index is 1.80. The van der Waals surface area contributed by atoms with Crippen LogP contribution in [-0.2, 0) is 0 Å². The number of fused-ring (bicyclic) bond motifs is 2. The highest BCUT2D eigenvalue weighted by atomic mass is 79.9. The lowest BCUT2D eigenvalue weighted by molar-refractivity contribution is 0.439. The normalized spacial score (nSPS) is 31.9. The van der Waals surface area contributed by atoms with E-state index in [9.17, 15) is 4.79 Å². The number of hydrogen-bond donors (Lipinski definition) is 2. The predicted octanol–water partition coefficient (Wildman–Crippen LogP) is 2.13. The Morgan fingerprint density at radius 3 is 3.00 bits per heavy atom. The van der Waals surface area contributed by atoms with Gasteiger partial charge in [-0.1, -0.05) is 6.42 Å². The Hall–Kier alpha value is -0.840. The van der Waals surface area contributed by atoms with Crippen LogP contribution in [0.4, 0.5) is 5.69 Å². The average Bonchev–Trinajstić information content (AvgIpc) is 2.86. The van der Waals surface area contributed by atoms with Gasteiger partial charge in [0.2, 0.25) is 0 Å². The van der Waals surface area contributed by atoms with E-state index in [0.29, 0.717) is 10.5 Å². The van der Waals surface area contributed by atoms with Crippen molar-refractivity contribution in [2.45, 2.75) is 31.7 Å². The van der Waals surface area contributed by atoms with E-state index in [1.807, 2.05) is 0 Å². The first kappa shape index (κ1) is 10.3. The molecule has 2 aliphatic rings. The van der Waals surface area contributed by atoms with Gasteiger partial charge in [0.05, 0.1) is 11.9 Å². The van der Waals surface area contributed by atoms with Crippen LogP contribution >= 0.6 is 15.9 Å². The molecule has 3 unspecified atom stereocenters. The first-order valence-corrected chi connectivity index (χ1v) is 6.53. The molecule has 0 aliphatic heterocycles. The predicted molar refractivity (Wildman–Crippen MR) is 65.4 cm³/mol. The lowest BCUT2D eigenvalue weighted by atomic mass is 9.95. The Morgan fingerprint density at radius 1 is 1.44 bits per heavy atom. The van der Waals surface area contributed by atoms with Crippen molar-refractivity contribution in [2.75, 3.05) is 5.32 Å². The van der Waals surface area contributed by atoms with Crippen molar-refractivity contribution in [1.82, 2.24) is 10.2 Å². The molecule has 2 aliphatic carbocycles. The molecule has 3 atom stereocenters. The summed E-state index contributed by atoms with van der Waals surface area (Å²) in [5, 5.41) is 9.68. The lowest BCUT2D eigenvalue weighted by Gasteiger charge is -2.24. The molecule has 2 fully saturated rings. The number of halogens is 1. The van der Waals surface area contributed by atoms with E-state index in [1.54, 1.807) is 6.20 Å². The summed E-state index contributed by atoms with van der Waals surface area (Å²) in [7, 11) is 0. The van der Waals surface area contributed by atoms with Crippen molar-refractivity contribution in [1.29, 1.82) is 0 Å². The Labute approximate surface area is 102 Å². The summed E-state index contributed by atoms with van der Waals surface area (Å²) in [6, 6.07) is 0.527. The van der Waals surface area contributed by atoms with E-state index in [0.717, 1.165) is 17.5 Å². The van der Waals surface area contributed by atoms with E-state index in [-0.39, 0.29) is 5.56 Å². The number of hydrogen-bond acceptors (Lipinski definition) is 3. The summed E-state index contributed by atoms with van der Waals surface area (Å²) < 4.78 is 0.560. The maximum Gasteiger partial charge on any atom is 0.280 e. The molecule has 1 aromatic heterocycles. The van der Waals surface area contributed by atoms with Crippen molar-refractivity contribution in [3.63, 3.8) is 0 Å². The Kier molecular flexibility index (Phi) is 2.50. The molecule has 0 amide bonds. The van der Waals surface area contributed by atoms with Crippen molar-refractivity contribution in [3.05, 3.63) is 21.0 Å². The van der Waals surface area contributed by atoms with Crippen LogP contribution in [0.15, 0.2) is 15.5 Å². The molecule has 0 aromatic carbocycles. The third kappa shape index (κ3) is 1.67. The smallest absolute Gasteiger partial charge is 0.280 e. The molecule has 5 heteroatoms. The maximum atomic E-state index is 11.4. The third-order valence-electron chi connectivity index (χ3n) is 3.87. The minimum Gasteiger partial charge on any atom is -0.380 e. The van der Waals surface area contributed by atoms with Gasteiger partial charge < -0.3 is 5.32 Å². The fourth-order valence-corrected chi connectivity index (χ4v) is 3.41. The first-order chi connectivity index (χ1) is 7.74. The molecule has 86 valence electrons. The van der Waals surface area contributed by atoms with Gasteiger partial charge in [0.15, 0.2) is 0 Å². The van der Waals surface area contributed by atoms with Crippen LogP contribution in [0.5, 0.6) is 0 Å². The Morgan fingerprint density at radius 2 is 2.31 bits per heavy atom. The molecular weight excluding hydrogens is 270 g/mol. The van der Waals surface area contributed by atoms with Gasteiger partial charge in [-0.2, -0.15) is 5.10 Å². The average molecular weight is 284 g/mol. The van der Waals surface area contributed by atoms with Gasteiger partial charge >= 0.3 is 0 Å². The highest BCUT2D eigenvalue weighted by Crippen LogP contribution is 2.45. The van der Waals surface area contributed by atoms with E-state index >= 15 is 0 Å². The number of aromatic nitrogens is 2. The maximum absolute atomic E-state index is 11.4. The van der Waals surface area contributed by atoms with E-state index in [4.69, 9.17) is 0 Å². The lowest BCUT2D eigenvalue weighted by Crippen LogP contribution is -2.27. The minimum absolute atomic E-state index is 0.173. The first-order valence-electron chi connectivity index (χ1n) is 5.74. The molecule has 3 rings (SSSR count). The van der Waals surface area contributed by atoms with Crippen molar-refractivity contribution in [3.8, 4) is 0 Å². The number of aromatic amines is 1. The number of anilines is 1. The number of nitrogens with zero attached hydrogens (tertiary/aromatic N) is 1. The van der Waals surface area contributed by atoms with E-state index in [1.165, 1.54) is 25.7 Å². The molecule has 1 heterocycles. The van der Waals surface area contributed by atoms with Gasteiger partial charge in [-0.3, -0.25) is 4.79 Å². The van der Waals surface area contributed by atoms with Crippen molar-refractivity contribution >= 4 is 21.6 Å². The van der Waals surface area contributed by atoms with Crippen LogP contribution in [0.3, 0.4) is 0 Å². The van der Waals surface area contributed by atoms with Crippen LogP contribution in [0.25, 0.3) is 0 Å². The molecule has 0 spiro atoms. The standard InChI is InChI=1S/C11H14BrN3O/c12-10-9(5-13-15-11(10)16)14-8-4-6-1-2-7(8)3-6/h5-8H,1-4H2,(H2,14,15,16). The number of rotatable bonds is 2. The largest absolute Gasteiger partial charge is 0.380 e. The molecule has 16 heavy (non-hydrogen) atoms. The number of H-pyrrole nitrogens is 1. The summed E-state index contributed by atoms with van der Waals surface area (Å²) in [6.45, 7) is 0. The summed E-state index contributed by atoms with van der Waals surface area (Å²) >= 11 is 3.29. The van der Waals surface area contributed by atoms with Crippen LogP contribution in [0.1, 0.15) is 25.7 Å². The fourth-order valence-electron chi connectivity index (χ4n) is 3.11. The third-order valence-corrected chi connectivity index (χ3v) is 4.66. The second-order valence-corrected chi connectivity index (χ2v) is 5.65. The topological polar surface area (TPSA) is 57.8 Å². The van der Waals surface area contributed by atoms with Crippen LogP contribution < -0.4 is 10.9 Å². The second-order valence-electron chi connectivity index (χ2n) is 4.85. The molecule has 2 N–H and O–H groups in total. The number of nitrogens with one attached hydrogen (secondary N) is 2. The zero-order valence-corrected chi connectivity index (χ0v) is 10.5. The van der Waals surface area contributed by atoms with Gasteiger partial charge in [-0.25, -0.2) is 5.10 Å². The zero-order valence-electron chi connectivity index (χ0n) is 8.87. The summed E-state index contributed by atoms with van der Waals surface area (Å²) in [4.78, 5) is 11.4. The van der Waals surface area contributed by atoms with E-state index in [2.05, 4.69) is 31.4 Å². The Bertz CT molecular complexity index is 459. The molecule has 2 bridgehead atoms. The van der Waals surface area contributed by atoms with Gasteiger partial charge in [0, 0.05) is 6.04 Å². The van der Waals surface area contributed by atoms with Gasteiger partial charge in [-0.05, 0) is 47.0 Å².